The van der Waals surface area contributed by atoms with Gasteiger partial charge >= 0.3 is 0 Å². The van der Waals surface area contributed by atoms with E-state index in [4.69, 9.17) is 4.74 Å². The van der Waals surface area contributed by atoms with Crippen molar-refractivity contribution in [3.05, 3.63) is 59.7 Å². The summed E-state index contributed by atoms with van der Waals surface area (Å²) in [6.45, 7) is 4.47. The highest BCUT2D eigenvalue weighted by Gasteiger charge is 2.23. The van der Waals surface area contributed by atoms with E-state index in [0.717, 1.165) is 11.1 Å². The fourth-order valence-corrected chi connectivity index (χ4v) is 3.84. The molecule has 2 rings (SSSR count). The van der Waals surface area contributed by atoms with Crippen molar-refractivity contribution in [1.82, 2.24) is 4.31 Å². The van der Waals surface area contributed by atoms with Gasteiger partial charge in [-0.25, -0.2) is 8.42 Å². The van der Waals surface area contributed by atoms with Gasteiger partial charge in [-0.05, 0) is 36.2 Å². The number of rotatable bonds is 6. The number of nitrogens with zero attached hydrogens (tertiary/aromatic N) is 1. The van der Waals surface area contributed by atoms with E-state index in [1.165, 1.54) is 4.31 Å². The standard InChI is InChI=1S/C17H21NO3S/c1-4-18(13-15-8-6-5-7-9-15)22(19,20)16-10-11-17(21-3)14(2)12-16/h5-12H,4,13H2,1-3H3. The number of hydrogen-bond acceptors (Lipinski definition) is 3. The Morgan fingerprint density at radius 1 is 1.09 bits per heavy atom. The Balaban J connectivity index is 2.32. The molecule has 0 fully saturated rings. The van der Waals surface area contributed by atoms with Crippen LogP contribution in [-0.4, -0.2) is 26.4 Å². The minimum absolute atomic E-state index is 0.295. The van der Waals surface area contributed by atoms with E-state index in [1.807, 2.05) is 44.2 Å². The molecule has 2 aromatic rings. The maximum atomic E-state index is 12.8. The summed E-state index contributed by atoms with van der Waals surface area (Å²) >= 11 is 0. The molecule has 4 nitrogen and oxygen atoms in total. The number of methoxy groups -OCH3 is 1. The zero-order chi connectivity index (χ0) is 16.2. The van der Waals surface area contributed by atoms with Crippen LogP contribution < -0.4 is 4.74 Å². The summed E-state index contributed by atoms with van der Waals surface area (Å²) in [4.78, 5) is 0.295. The van der Waals surface area contributed by atoms with Crippen LogP contribution in [-0.2, 0) is 16.6 Å². The lowest BCUT2D eigenvalue weighted by atomic mass is 10.2. The van der Waals surface area contributed by atoms with Gasteiger partial charge in [-0.15, -0.1) is 0 Å². The summed E-state index contributed by atoms with van der Waals surface area (Å²) in [6.07, 6.45) is 0. The summed E-state index contributed by atoms with van der Waals surface area (Å²) in [7, 11) is -1.95. The van der Waals surface area contributed by atoms with E-state index in [9.17, 15) is 8.42 Å². The first kappa shape index (κ1) is 16.5. The minimum atomic E-state index is -3.52. The average Bonchev–Trinajstić information content (AvgIpc) is 2.53. The van der Waals surface area contributed by atoms with Gasteiger partial charge in [-0.2, -0.15) is 4.31 Å². The number of benzene rings is 2. The Bertz CT molecular complexity index is 727. The van der Waals surface area contributed by atoms with E-state index in [2.05, 4.69) is 0 Å². The molecule has 0 N–H and O–H groups in total. The fourth-order valence-electron chi connectivity index (χ4n) is 2.31. The van der Waals surface area contributed by atoms with Crippen LogP contribution in [0.3, 0.4) is 0 Å². The van der Waals surface area contributed by atoms with Gasteiger partial charge in [0.05, 0.1) is 12.0 Å². The van der Waals surface area contributed by atoms with E-state index < -0.39 is 10.0 Å². The highest BCUT2D eigenvalue weighted by molar-refractivity contribution is 7.89. The molecule has 2 aromatic carbocycles. The molecule has 0 heterocycles. The van der Waals surface area contributed by atoms with Crippen LogP contribution in [0.1, 0.15) is 18.1 Å². The molecule has 0 radical (unpaired) electrons. The summed E-state index contributed by atoms with van der Waals surface area (Å²) in [5.41, 5.74) is 1.78. The van der Waals surface area contributed by atoms with Crippen molar-refractivity contribution in [3.8, 4) is 5.75 Å². The van der Waals surface area contributed by atoms with Crippen LogP contribution in [0.25, 0.3) is 0 Å². The van der Waals surface area contributed by atoms with Gasteiger partial charge in [0.2, 0.25) is 10.0 Å². The molecule has 0 aliphatic carbocycles. The zero-order valence-corrected chi connectivity index (χ0v) is 13.9. The number of aryl methyl sites for hydroxylation is 1. The van der Waals surface area contributed by atoms with E-state index >= 15 is 0 Å². The van der Waals surface area contributed by atoms with Crippen molar-refractivity contribution < 1.29 is 13.2 Å². The van der Waals surface area contributed by atoms with Crippen molar-refractivity contribution in [2.24, 2.45) is 0 Å². The quantitative estimate of drug-likeness (QED) is 0.821. The largest absolute Gasteiger partial charge is 0.496 e. The van der Waals surface area contributed by atoms with E-state index in [0.29, 0.717) is 23.7 Å². The molecule has 0 aliphatic rings. The van der Waals surface area contributed by atoms with Gasteiger partial charge in [0.1, 0.15) is 5.75 Å². The maximum absolute atomic E-state index is 12.8. The van der Waals surface area contributed by atoms with Gasteiger partial charge < -0.3 is 4.74 Å². The van der Waals surface area contributed by atoms with Crippen LogP contribution in [0.4, 0.5) is 0 Å². The predicted octanol–water partition coefficient (Wildman–Crippen LogP) is 3.21. The second-order valence-corrected chi connectivity index (χ2v) is 6.99. The van der Waals surface area contributed by atoms with Crippen molar-refractivity contribution in [2.75, 3.05) is 13.7 Å². The third-order valence-electron chi connectivity index (χ3n) is 3.56. The third-order valence-corrected chi connectivity index (χ3v) is 5.48. The Morgan fingerprint density at radius 3 is 2.32 bits per heavy atom. The number of hydrogen-bond donors (Lipinski definition) is 0. The Hall–Kier alpha value is -1.85. The molecular weight excluding hydrogens is 298 g/mol. The molecule has 5 heteroatoms. The SMILES string of the molecule is CCN(Cc1ccccc1)S(=O)(=O)c1ccc(OC)c(C)c1. The molecule has 0 saturated heterocycles. The molecule has 118 valence electrons. The van der Waals surface area contributed by atoms with Crippen molar-refractivity contribution in [3.63, 3.8) is 0 Å². The summed E-state index contributed by atoms with van der Waals surface area (Å²) in [5.74, 6) is 0.685. The second-order valence-electron chi connectivity index (χ2n) is 5.05. The maximum Gasteiger partial charge on any atom is 0.243 e. The highest BCUT2D eigenvalue weighted by Crippen LogP contribution is 2.24. The third kappa shape index (κ3) is 3.48. The van der Waals surface area contributed by atoms with Gasteiger partial charge in [0.25, 0.3) is 0 Å². The first-order valence-corrected chi connectivity index (χ1v) is 8.61. The number of ether oxygens (including phenoxy) is 1. The topological polar surface area (TPSA) is 46.6 Å². The molecule has 0 bridgehead atoms. The number of sulfonamides is 1. The molecule has 0 spiro atoms. The second kappa shape index (κ2) is 6.94. The van der Waals surface area contributed by atoms with Crippen LogP contribution >= 0.6 is 0 Å². The molecule has 0 aliphatic heterocycles. The van der Waals surface area contributed by atoms with Crippen LogP contribution in [0.5, 0.6) is 5.75 Å². The van der Waals surface area contributed by atoms with Crippen molar-refractivity contribution >= 4 is 10.0 Å². The minimum Gasteiger partial charge on any atom is -0.496 e. The lowest BCUT2D eigenvalue weighted by Gasteiger charge is -2.21. The summed E-state index contributed by atoms with van der Waals surface area (Å²) < 4.78 is 32.3. The first-order valence-electron chi connectivity index (χ1n) is 7.17. The summed E-state index contributed by atoms with van der Waals surface area (Å²) in [6, 6.07) is 14.5. The predicted molar refractivity (Wildman–Crippen MR) is 87.4 cm³/mol. The van der Waals surface area contributed by atoms with Gasteiger partial charge in [-0.1, -0.05) is 37.3 Å². The molecule has 0 atom stereocenters. The van der Waals surface area contributed by atoms with Crippen molar-refractivity contribution in [2.45, 2.75) is 25.3 Å². The Kier molecular flexibility index (Phi) is 5.21. The molecular formula is C17H21NO3S. The van der Waals surface area contributed by atoms with Gasteiger partial charge in [0.15, 0.2) is 0 Å². The zero-order valence-electron chi connectivity index (χ0n) is 13.1. The van der Waals surface area contributed by atoms with E-state index in [-0.39, 0.29) is 0 Å². The molecule has 0 amide bonds. The highest BCUT2D eigenvalue weighted by atomic mass is 32.2. The molecule has 0 aromatic heterocycles. The molecule has 22 heavy (non-hydrogen) atoms. The van der Waals surface area contributed by atoms with Gasteiger partial charge in [0, 0.05) is 13.1 Å². The summed E-state index contributed by atoms with van der Waals surface area (Å²) in [5, 5.41) is 0. The lowest BCUT2D eigenvalue weighted by molar-refractivity contribution is 0.410. The molecule has 0 unspecified atom stereocenters. The smallest absolute Gasteiger partial charge is 0.243 e. The Morgan fingerprint density at radius 2 is 1.77 bits per heavy atom. The first-order chi connectivity index (χ1) is 10.5. The molecule has 0 saturated carbocycles. The average molecular weight is 319 g/mol. The fraction of sp³-hybridized carbons (Fsp3) is 0.294. The lowest BCUT2D eigenvalue weighted by Crippen LogP contribution is -2.30. The van der Waals surface area contributed by atoms with E-state index in [1.54, 1.807) is 25.3 Å². The van der Waals surface area contributed by atoms with Crippen molar-refractivity contribution in [1.29, 1.82) is 0 Å². The monoisotopic (exact) mass is 319 g/mol. The van der Waals surface area contributed by atoms with Crippen LogP contribution in [0.15, 0.2) is 53.4 Å². The Labute approximate surface area is 132 Å². The van der Waals surface area contributed by atoms with Crippen LogP contribution in [0.2, 0.25) is 0 Å². The normalized spacial score (nSPS) is 11.6. The van der Waals surface area contributed by atoms with Crippen LogP contribution in [0, 0.1) is 6.92 Å². The van der Waals surface area contributed by atoms with Gasteiger partial charge in [-0.3, -0.25) is 0 Å².